The van der Waals surface area contributed by atoms with E-state index in [1.54, 1.807) is 15.9 Å². The second-order valence-corrected chi connectivity index (χ2v) is 6.75. The van der Waals surface area contributed by atoms with Gasteiger partial charge in [-0.3, -0.25) is 9.59 Å². The smallest absolute Gasteiger partial charge is 0.272 e. The van der Waals surface area contributed by atoms with Gasteiger partial charge in [-0.25, -0.2) is 4.98 Å². The Balaban J connectivity index is 1.49. The van der Waals surface area contributed by atoms with Gasteiger partial charge in [-0.05, 0) is 29.7 Å². The third kappa shape index (κ3) is 3.27. The lowest BCUT2D eigenvalue weighted by Gasteiger charge is -2.33. The zero-order valence-electron chi connectivity index (χ0n) is 14.7. The Morgan fingerprint density at radius 1 is 0.923 bits per heavy atom. The van der Waals surface area contributed by atoms with Crippen LogP contribution in [0.3, 0.4) is 0 Å². The summed E-state index contributed by atoms with van der Waals surface area (Å²) in [6.07, 6.45) is 1.83. The highest BCUT2D eigenvalue weighted by molar-refractivity contribution is 5.92. The minimum atomic E-state index is -0.0604. The summed E-state index contributed by atoms with van der Waals surface area (Å²) < 4.78 is 0. The van der Waals surface area contributed by atoms with Crippen molar-refractivity contribution in [3.05, 3.63) is 59.3 Å². The summed E-state index contributed by atoms with van der Waals surface area (Å²) in [4.78, 5) is 33.9. The SMILES string of the molecule is O=CN1CCN(C(=O)c2cccc(N3CCc4ccccc4C3)n2)CC1. The van der Waals surface area contributed by atoms with Crippen molar-refractivity contribution in [1.29, 1.82) is 0 Å². The Morgan fingerprint density at radius 2 is 1.69 bits per heavy atom. The Bertz CT molecular complexity index is 815. The van der Waals surface area contributed by atoms with Gasteiger partial charge < -0.3 is 14.7 Å². The summed E-state index contributed by atoms with van der Waals surface area (Å²) >= 11 is 0. The fourth-order valence-electron chi connectivity index (χ4n) is 3.60. The molecule has 2 aliphatic rings. The van der Waals surface area contributed by atoms with Crippen LogP contribution in [0.15, 0.2) is 42.5 Å². The van der Waals surface area contributed by atoms with Crippen LogP contribution in [-0.2, 0) is 17.8 Å². The summed E-state index contributed by atoms with van der Waals surface area (Å²) in [5.74, 6) is 0.784. The number of carbonyl (C=O) groups is 2. The van der Waals surface area contributed by atoms with Gasteiger partial charge in [-0.2, -0.15) is 0 Å². The molecule has 0 unspecified atom stereocenters. The standard InChI is InChI=1S/C20H22N4O2/c25-15-22-10-12-23(13-11-22)20(26)18-6-3-7-19(21-18)24-9-8-16-4-1-2-5-17(16)14-24/h1-7,15H,8-14H2. The molecule has 1 aromatic heterocycles. The van der Waals surface area contributed by atoms with Crippen molar-refractivity contribution >= 4 is 18.1 Å². The summed E-state index contributed by atoms with van der Waals surface area (Å²) in [7, 11) is 0. The predicted octanol–water partition coefficient (Wildman–Crippen LogP) is 1.56. The number of piperazine rings is 1. The normalized spacial score (nSPS) is 17.0. The molecular formula is C20H22N4O2. The number of benzene rings is 1. The molecule has 0 spiro atoms. The monoisotopic (exact) mass is 350 g/mol. The Kier molecular flexibility index (Phi) is 4.56. The van der Waals surface area contributed by atoms with Gasteiger partial charge >= 0.3 is 0 Å². The lowest BCUT2D eigenvalue weighted by atomic mass is 10.00. The van der Waals surface area contributed by atoms with E-state index in [1.807, 2.05) is 12.1 Å². The van der Waals surface area contributed by atoms with Gasteiger partial charge in [0.15, 0.2) is 0 Å². The van der Waals surface area contributed by atoms with Crippen LogP contribution in [0.1, 0.15) is 21.6 Å². The van der Waals surface area contributed by atoms with Crippen LogP contribution in [0.25, 0.3) is 0 Å². The van der Waals surface area contributed by atoms with E-state index >= 15 is 0 Å². The van der Waals surface area contributed by atoms with Crippen molar-refractivity contribution in [1.82, 2.24) is 14.8 Å². The molecule has 3 heterocycles. The van der Waals surface area contributed by atoms with Crippen molar-refractivity contribution in [2.24, 2.45) is 0 Å². The van der Waals surface area contributed by atoms with Crippen molar-refractivity contribution in [3.63, 3.8) is 0 Å². The second-order valence-electron chi connectivity index (χ2n) is 6.75. The van der Waals surface area contributed by atoms with E-state index in [-0.39, 0.29) is 5.91 Å². The first-order valence-corrected chi connectivity index (χ1v) is 9.02. The number of anilines is 1. The minimum Gasteiger partial charge on any atom is -0.352 e. The highest BCUT2D eigenvalue weighted by Crippen LogP contribution is 2.23. The number of carbonyl (C=O) groups excluding carboxylic acids is 2. The zero-order valence-corrected chi connectivity index (χ0v) is 14.7. The molecule has 1 fully saturated rings. The molecule has 0 saturated carbocycles. The van der Waals surface area contributed by atoms with E-state index in [2.05, 4.69) is 34.1 Å². The molecule has 0 aliphatic carbocycles. The van der Waals surface area contributed by atoms with Crippen LogP contribution in [0.5, 0.6) is 0 Å². The molecule has 26 heavy (non-hydrogen) atoms. The first kappa shape index (κ1) is 16.6. The highest BCUT2D eigenvalue weighted by atomic mass is 16.2. The first-order valence-electron chi connectivity index (χ1n) is 9.02. The second kappa shape index (κ2) is 7.15. The molecule has 134 valence electrons. The molecule has 2 amide bonds. The van der Waals surface area contributed by atoms with Crippen LogP contribution in [0.2, 0.25) is 0 Å². The Hall–Kier alpha value is -2.89. The van der Waals surface area contributed by atoms with Gasteiger partial charge in [-0.1, -0.05) is 30.3 Å². The van der Waals surface area contributed by atoms with Crippen LogP contribution in [0, 0.1) is 0 Å². The average molecular weight is 350 g/mol. The quantitative estimate of drug-likeness (QED) is 0.789. The van der Waals surface area contributed by atoms with E-state index in [1.165, 1.54) is 11.1 Å². The summed E-state index contributed by atoms with van der Waals surface area (Å²) in [6, 6.07) is 14.1. The van der Waals surface area contributed by atoms with Gasteiger partial charge in [0.05, 0.1) is 0 Å². The fourth-order valence-corrected chi connectivity index (χ4v) is 3.60. The molecule has 1 aromatic carbocycles. The molecule has 2 aliphatic heterocycles. The molecule has 4 rings (SSSR count). The third-order valence-corrected chi connectivity index (χ3v) is 5.16. The molecular weight excluding hydrogens is 328 g/mol. The number of rotatable bonds is 3. The maximum absolute atomic E-state index is 12.8. The number of pyridine rings is 1. The largest absolute Gasteiger partial charge is 0.352 e. The van der Waals surface area contributed by atoms with E-state index < -0.39 is 0 Å². The van der Waals surface area contributed by atoms with Crippen molar-refractivity contribution in [2.45, 2.75) is 13.0 Å². The van der Waals surface area contributed by atoms with Crippen LogP contribution < -0.4 is 4.90 Å². The first-order chi connectivity index (χ1) is 12.7. The molecule has 6 nitrogen and oxygen atoms in total. The number of hydrogen-bond acceptors (Lipinski definition) is 4. The Labute approximate surface area is 153 Å². The lowest BCUT2D eigenvalue weighted by Crippen LogP contribution is -2.48. The van der Waals surface area contributed by atoms with Gasteiger partial charge in [0.25, 0.3) is 5.91 Å². The van der Waals surface area contributed by atoms with E-state index in [0.717, 1.165) is 31.7 Å². The topological polar surface area (TPSA) is 56.8 Å². The number of fused-ring (bicyclic) bond motifs is 1. The lowest BCUT2D eigenvalue weighted by molar-refractivity contribution is -0.119. The molecule has 6 heteroatoms. The summed E-state index contributed by atoms with van der Waals surface area (Å²) in [6.45, 7) is 4.00. The molecule has 1 saturated heterocycles. The van der Waals surface area contributed by atoms with Crippen LogP contribution >= 0.6 is 0 Å². The number of hydrogen-bond donors (Lipinski definition) is 0. The summed E-state index contributed by atoms with van der Waals surface area (Å²) in [5.41, 5.74) is 3.19. The molecule has 0 bridgehead atoms. The highest BCUT2D eigenvalue weighted by Gasteiger charge is 2.23. The maximum Gasteiger partial charge on any atom is 0.272 e. The molecule has 0 radical (unpaired) electrons. The minimum absolute atomic E-state index is 0.0604. The predicted molar refractivity (Wildman–Crippen MR) is 99.0 cm³/mol. The van der Waals surface area contributed by atoms with E-state index in [4.69, 9.17) is 0 Å². The van der Waals surface area contributed by atoms with Gasteiger partial charge in [0.1, 0.15) is 11.5 Å². The van der Waals surface area contributed by atoms with Gasteiger partial charge in [0, 0.05) is 39.3 Å². The molecule has 0 N–H and O–H groups in total. The number of nitrogens with zero attached hydrogens (tertiary/aromatic N) is 4. The Morgan fingerprint density at radius 3 is 2.46 bits per heavy atom. The zero-order chi connectivity index (χ0) is 17.9. The molecule has 2 aromatic rings. The third-order valence-electron chi connectivity index (χ3n) is 5.16. The summed E-state index contributed by atoms with van der Waals surface area (Å²) in [5, 5.41) is 0. The van der Waals surface area contributed by atoms with E-state index in [9.17, 15) is 9.59 Å². The van der Waals surface area contributed by atoms with Gasteiger partial charge in [-0.15, -0.1) is 0 Å². The van der Waals surface area contributed by atoms with E-state index in [0.29, 0.717) is 31.9 Å². The van der Waals surface area contributed by atoms with Gasteiger partial charge in [0.2, 0.25) is 6.41 Å². The average Bonchev–Trinajstić information content (AvgIpc) is 2.73. The van der Waals surface area contributed by atoms with Crippen LogP contribution in [0.4, 0.5) is 5.82 Å². The fraction of sp³-hybridized carbons (Fsp3) is 0.350. The maximum atomic E-state index is 12.8. The number of aromatic nitrogens is 1. The molecule has 0 atom stereocenters. The van der Waals surface area contributed by atoms with Crippen molar-refractivity contribution in [2.75, 3.05) is 37.6 Å². The number of amides is 2. The van der Waals surface area contributed by atoms with Crippen molar-refractivity contribution < 1.29 is 9.59 Å². The van der Waals surface area contributed by atoms with Crippen LogP contribution in [-0.4, -0.2) is 59.8 Å². The van der Waals surface area contributed by atoms with Crippen molar-refractivity contribution in [3.8, 4) is 0 Å².